The van der Waals surface area contributed by atoms with Crippen molar-refractivity contribution in [3.8, 4) is 0 Å². The van der Waals surface area contributed by atoms with Gasteiger partial charge in [-0.2, -0.15) is 0 Å². The monoisotopic (exact) mass is 114 g/mol. The van der Waals surface area contributed by atoms with Gasteiger partial charge in [0.25, 0.3) is 0 Å². The molecule has 0 spiro atoms. The van der Waals surface area contributed by atoms with Gasteiger partial charge >= 0.3 is 0 Å². The van der Waals surface area contributed by atoms with Crippen molar-refractivity contribution in [3.05, 3.63) is 12.2 Å². The quantitative estimate of drug-likeness (QED) is 0.473. The van der Waals surface area contributed by atoms with Gasteiger partial charge in [-0.05, 0) is 12.8 Å². The van der Waals surface area contributed by atoms with Gasteiger partial charge in [0.1, 0.15) is 0 Å². The Balaban J connectivity index is 2.46. The molecule has 0 aromatic carbocycles. The lowest BCUT2D eigenvalue weighted by molar-refractivity contribution is -0.00304. The van der Waals surface area contributed by atoms with Crippen molar-refractivity contribution in [2.75, 3.05) is 6.61 Å². The fourth-order valence-electron chi connectivity index (χ4n) is 0.818. The summed E-state index contributed by atoms with van der Waals surface area (Å²) in [5.41, 5.74) is -0.819. The Morgan fingerprint density at radius 1 is 1.38 bits per heavy atom. The molecule has 1 aliphatic rings. The van der Waals surface area contributed by atoms with Crippen LogP contribution in [0, 0.1) is 0 Å². The van der Waals surface area contributed by atoms with Gasteiger partial charge in [0.05, 0.1) is 12.2 Å². The third kappa shape index (κ3) is 0.904. The second-order valence-electron chi connectivity index (χ2n) is 2.26. The zero-order valence-corrected chi connectivity index (χ0v) is 4.67. The second-order valence-corrected chi connectivity index (χ2v) is 2.26. The van der Waals surface area contributed by atoms with E-state index in [2.05, 4.69) is 0 Å². The first-order chi connectivity index (χ1) is 3.77. The van der Waals surface area contributed by atoms with Crippen molar-refractivity contribution in [2.45, 2.75) is 18.4 Å². The van der Waals surface area contributed by atoms with E-state index in [0.717, 1.165) is 0 Å². The van der Waals surface area contributed by atoms with Gasteiger partial charge in [-0.25, -0.2) is 0 Å². The van der Waals surface area contributed by atoms with Crippen molar-refractivity contribution in [1.29, 1.82) is 0 Å². The van der Waals surface area contributed by atoms with Crippen molar-refractivity contribution in [2.24, 2.45) is 0 Å². The summed E-state index contributed by atoms with van der Waals surface area (Å²) in [6, 6.07) is 0. The molecule has 0 saturated carbocycles. The maximum absolute atomic E-state index is 9.19. The molecule has 1 rings (SSSR count). The molecule has 0 unspecified atom stereocenters. The maximum Gasteiger partial charge on any atom is 0.0945 e. The highest BCUT2D eigenvalue weighted by atomic mass is 16.3. The highest BCUT2D eigenvalue weighted by Crippen LogP contribution is 2.21. The van der Waals surface area contributed by atoms with Gasteiger partial charge in [-0.1, -0.05) is 12.2 Å². The van der Waals surface area contributed by atoms with Crippen LogP contribution in [0.1, 0.15) is 12.8 Å². The molecule has 2 N–H and O–H groups in total. The average molecular weight is 114 g/mol. The minimum atomic E-state index is -0.819. The zero-order chi connectivity index (χ0) is 6.04. The minimum Gasteiger partial charge on any atom is -0.393 e. The van der Waals surface area contributed by atoms with E-state index in [9.17, 15) is 5.11 Å². The Labute approximate surface area is 48.5 Å². The molecule has 0 saturated heterocycles. The van der Waals surface area contributed by atoms with Crippen molar-refractivity contribution in [3.63, 3.8) is 0 Å². The van der Waals surface area contributed by atoms with E-state index in [-0.39, 0.29) is 6.61 Å². The van der Waals surface area contributed by atoms with Crippen LogP contribution in [-0.2, 0) is 0 Å². The normalized spacial score (nSPS) is 24.2. The topological polar surface area (TPSA) is 40.5 Å². The van der Waals surface area contributed by atoms with Gasteiger partial charge in [0.2, 0.25) is 0 Å². The van der Waals surface area contributed by atoms with E-state index in [0.29, 0.717) is 12.8 Å². The predicted octanol–water partition coefficient (Wildman–Crippen LogP) is 0.0598. The number of aliphatic hydroxyl groups excluding tert-OH is 1. The standard InChI is InChI=1S/C6H10O2/c7-5-6(8)3-1-2-4-6/h1-2,7-8H,3-5H2. The van der Waals surface area contributed by atoms with Crippen LogP contribution in [0.3, 0.4) is 0 Å². The first-order valence-electron chi connectivity index (χ1n) is 2.75. The van der Waals surface area contributed by atoms with Gasteiger partial charge < -0.3 is 10.2 Å². The maximum atomic E-state index is 9.19. The highest BCUT2D eigenvalue weighted by molar-refractivity contribution is 5.03. The Kier molecular flexibility index (Phi) is 1.36. The lowest BCUT2D eigenvalue weighted by Crippen LogP contribution is -2.28. The minimum absolute atomic E-state index is 0.125. The summed E-state index contributed by atoms with van der Waals surface area (Å²) < 4.78 is 0. The van der Waals surface area contributed by atoms with E-state index >= 15 is 0 Å². The zero-order valence-electron chi connectivity index (χ0n) is 4.67. The summed E-state index contributed by atoms with van der Waals surface area (Å²) >= 11 is 0. The van der Waals surface area contributed by atoms with E-state index in [1.54, 1.807) is 0 Å². The highest BCUT2D eigenvalue weighted by Gasteiger charge is 2.25. The molecule has 2 nitrogen and oxygen atoms in total. The molecule has 1 aliphatic carbocycles. The Hall–Kier alpha value is -0.340. The summed E-state index contributed by atoms with van der Waals surface area (Å²) in [5.74, 6) is 0. The molecule has 0 heterocycles. The molecule has 0 aromatic heterocycles. The predicted molar refractivity (Wildman–Crippen MR) is 30.4 cm³/mol. The number of hydrogen-bond donors (Lipinski definition) is 2. The van der Waals surface area contributed by atoms with Gasteiger partial charge in [0.15, 0.2) is 0 Å². The Morgan fingerprint density at radius 3 is 2.12 bits per heavy atom. The molecular weight excluding hydrogens is 104 g/mol. The summed E-state index contributed by atoms with van der Waals surface area (Å²) in [5, 5.41) is 17.7. The van der Waals surface area contributed by atoms with Gasteiger partial charge in [-0.3, -0.25) is 0 Å². The molecule has 0 radical (unpaired) electrons. The van der Waals surface area contributed by atoms with Crippen LogP contribution in [0.15, 0.2) is 12.2 Å². The molecule has 0 aromatic rings. The largest absolute Gasteiger partial charge is 0.393 e. The van der Waals surface area contributed by atoms with Crippen molar-refractivity contribution in [1.82, 2.24) is 0 Å². The average Bonchev–Trinajstić information content (AvgIpc) is 2.17. The van der Waals surface area contributed by atoms with Crippen LogP contribution in [0.4, 0.5) is 0 Å². The van der Waals surface area contributed by atoms with E-state index in [4.69, 9.17) is 5.11 Å². The second kappa shape index (κ2) is 1.88. The van der Waals surface area contributed by atoms with Crippen LogP contribution in [-0.4, -0.2) is 22.4 Å². The van der Waals surface area contributed by atoms with E-state index in [1.165, 1.54) is 0 Å². The Bertz CT molecular complexity index is 99.1. The van der Waals surface area contributed by atoms with Crippen molar-refractivity contribution >= 4 is 0 Å². The first-order valence-corrected chi connectivity index (χ1v) is 2.75. The van der Waals surface area contributed by atoms with Crippen LogP contribution >= 0.6 is 0 Å². The summed E-state index contributed by atoms with van der Waals surface area (Å²) in [7, 11) is 0. The molecule has 8 heavy (non-hydrogen) atoms. The molecule has 0 aliphatic heterocycles. The molecule has 0 fully saturated rings. The molecular formula is C6H10O2. The third-order valence-electron chi connectivity index (χ3n) is 1.46. The molecule has 2 heteroatoms. The summed E-state index contributed by atoms with van der Waals surface area (Å²) in [4.78, 5) is 0. The lowest BCUT2D eigenvalue weighted by Gasteiger charge is -2.17. The van der Waals surface area contributed by atoms with Crippen LogP contribution in [0.2, 0.25) is 0 Å². The Morgan fingerprint density at radius 2 is 1.88 bits per heavy atom. The molecule has 0 amide bonds. The van der Waals surface area contributed by atoms with E-state index in [1.807, 2.05) is 12.2 Å². The summed E-state index contributed by atoms with van der Waals surface area (Å²) in [6.07, 6.45) is 4.97. The molecule has 0 atom stereocenters. The van der Waals surface area contributed by atoms with Gasteiger partial charge in [0, 0.05) is 0 Å². The fraction of sp³-hybridized carbons (Fsp3) is 0.667. The van der Waals surface area contributed by atoms with Gasteiger partial charge in [-0.15, -0.1) is 0 Å². The SMILES string of the molecule is OCC1(O)CC=CC1. The number of hydrogen-bond acceptors (Lipinski definition) is 2. The molecule has 0 bridgehead atoms. The molecule has 46 valence electrons. The first kappa shape index (κ1) is 5.79. The lowest BCUT2D eigenvalue weighted by atomic mass is 10.0. The van der Waals surface area contributed by atoms with Crippen LogP contribution in [0.25, 0.3) is 0 Å². The van der Waals surface area contributed by atoms with Crippen molar-refractivity contribution < 1.29 is 10.2 Å². The smallest absolute Gasteiger partial charge is 0.0945 e. The fourth-order valence-corrected chi connectivity index (χ4v) is 0.818. The number of rotatable bonds is 1. The summed E-state index contributed by atoms with van der Waals surface area (Å²) in [6.45, 7) is -0.125. The third-order valence-corrected chi connectivity index (χ3v) is 1.46. The van der Waals surface area contributed by atoms with E-state index < -0.39 is 5.60 Å². The van der Waals surface area contributed by atoms with Crippen LogP contribution < -0.4 is 0 Å². The van der Waals surface area contributed by atoms with Crippen LogP contribution in [0.5, 0.6) is 0 Å². The number of aliphatic hydroxyl groups is 2.